The summed E-state index contributed by atoms with van der Waals surface area (Å²) in [6.07, 6.45) is -1.13. The highest BCUT2D eigenvalue weighted by atomic mass is 32.1. The first-order valence-corrected chi connectivity index (χ1v) is 7.23. The van der Waals surface area contributed by atoms with Crippen molar-refractivity contribution >= 4 is 17.4 Å². The molecular weight excluding hydrogens is 274 g/mol. The third-order valence-corrected chi connectivity index (χ3v) is 3.59. The number of ether oxygens (including phenoxy) is 1. The molecule has 0 bridgehead atoms. The number of benzene rings is 1. The maximum Gasteiger partial charge on any atom is 0.409 e. The molecule has 2 aromatic rings. The number of rotatable bonds is 5. The molecule has 0 aliphatic heterocycles. The van der Waals surface area contributed by atoms with Crippen LogP contribution in [-0.2, 0) is 11.3 Å². The van der Waals surface area contributed by atoms with Gasteiger partial charge in [0.15, 0.2) is 0 Å². The van der Waals surface area contributed by atoms with Crippen LogP contribution >= 0.6 is 11.3 Å². The summed E-state index contributed by atoms with van der Waals surface area (Å²) in [6, 6.07) is 11.3. The van der Waals surface area contributed by atoms with Crippen LogP contribution < -0.4 is 0 Å². The maximum absolute atomic E-state index is 11.8. The molecule has 5 heteroatoms. The number of carbonyl (C=O) groups excluding carboxylic acids is 1. The van der Waals surface area contributed by atoms with Gasteiger partial charge in [-0.05, 0) is 28.0 Å². The number of likely N-dealkylation sites (N-methyl/N-ethyl adjacent to an activating group) is 1. The summed E-state index contributed by atoms with van der Waals surface area (Å²) in [6.45, 7) is 0.447. The Morgan fingerprint density at radius 1 is 1.35 bits per heavy atom. The van der Waals surface area contributed by atoms with Crippen LogP contribution in [0.25, 0.3) is 0 Å². The van der Waals surface area contributed by atoms with E-state index in [1.807, 2.05) is 47.2 Å². The molecule has 0 radical (unpaired) electrons. The summed E-state index contributed by atoms with van der Waals surface area (Å²) >= 11 is 1.52. The SMILES string of the molecule is CN(CC(O)c1ccsc1)C(=O)OCc1ccccc1. The Hall–Kier alpha value is -1.85. The number of hydrogen-bond donors (Lipinski definition) is 1. The van der Waals surface area contributed by atoms with Crippen molar-refractivity contribution in [2.75, 3.05) is 13.6 Å². The van der Waals surface area contributed by atoms with Crippen LogP contribution in [0.15, 0.2) is 47.2 Å². The Bertz CT molecular complexity index is 527. The molecule has 1 aromatic carbocycles. The van der Waals surface area contributed by atoms with Crippen molar-refractivity contribution in [3.8, 4) is 0 Å². The Balaban J connectivity index is 1.80. The predicted molar refractivity (Wildman–Crippen MR) is 78.5 cm³/mol. The lowest BCUT2D eigenvalue weighted by Gasteiger charge is -2.20. The van der Waals surface area contributed by atoms with Crippen molar-refractivity contribution in [1.29, 1.82) is 0 Å². The van der Waals surface area contributed by atoms with E-state index >= 15 is 0 Å². The van der Waals surface area contributed by atoms with Gasteiger partial charge in [0.1, 0.15) is 6.61 Å². The topological polar surface area (TPSA) is 49.8 Å². The van der Waals surface area contributed by atoms with E-state index in [2.05, 4.69) is 0 Å². The summed E-state index contributed by atoms with van der Waals surface area (Å²) in [5.74, 6) is 0. The molecule has 0 saturated heterocycles. The van der Waals surface area contributed by atoms with Gasteiger partial charge < -0.3 is 14.7 Å². The first-order chi connectivity index (χ1) is 9.66. The zero-order valence-electron chi connectivity index (χ0n) is 11.2. The fraction of sp³-hybridized carbons (Fsp3) is 0.267. The van der Waals surface area contributed by atoms with Crippen LogP contribution in [0, 0.1) is 0 Å². The molecule has 1 heterocycles. The standard InChI is InChI=1S/C15H17NO3S/c1-16(9-14(17)13-7-8-20-11-13)15(18)19-10-12-5-3-2-4-6-12/h2-8,11,14,17H,9-10H2,1H3. The van der Waals surface area contributed by atoms with E-state index < -0.39 is 12.2 Å². The minimum atomic E-state index is -0.685. The second-order valence-electron chi connectivity index (χ2n) is 4.49. The molecule has 1 aromatic heterocycles. The Morgan fingerprint density at radius 2 is 2.10 bits per heavy atom. The number of thiophene rings is 1. The normalized spacial score (nSPS) is 11.9. The highest BCUT2D eigenvalue weighted by molar-refractivity contribution is 7.07. The number of aliphatic hydroxyl groups excluding tert-OH is 1. The zero-order chi connectivity index (χ0) is 14.4. The summed E-state index contributed by atoms with van der Waals surface area (Å²) < 4.78 is 5.19. The van der Waals surface area contributed by atoms with Gasteiger partial charge in [-0.1, -0.05) is 30.3 Å². The highest BCUT2D eigenvalue weighted by Crippen LogP contribution is 2.17. The summed E-state index contributed by atoms with van der Waals surface area (Å²) in [5.41, 5.74) is 1.75. The fourth-order valence-corrected chi connectivity index (χ4v) is 2.44. The highest BCUT2D eigenvalue weighted by Gasteiger charge is 2.16. The number of hydrogen-bond acceptors (Lipinski definition) is 4. The van der Waals surface area contributed by atoms with Gasteiger partial charge in [-0.15, -0.1) is 0 Å². The molecule has 106 valence electrons. The van der Waals surface area contributed by atoms with Crippen molar-refractivity contribution in [1.82, 2.24) is 4.90 Å². The van der Waals surface area contributed by atoms with Gasteiger partial charge in [0.05, 0.1) is 12.6 Å². The van der Waals surface area contributed by atoms with Crippen LogP contribution in [0.5, 0.6) is 0 Å². The first kappa shape index (κ1) is 14.6. The third-order valence-electron chi connectivity index (χ3n) is 2.89. The van der Waals surface area contributed by atoms with E-state index in [9.17, 15) is 9.90 Å². The van der Waals surface area contributed by atoms with Crippen LogP contribution in [-0.4, -0.2) is 29.7 Å². The minimum Gasteiger partial charge on any atom is -0.445 e. The summed E-state index contributed by atoms with van der Waals surface area (Å²) in [5, 5.41) is 13.7. The molecule has 2 rings (SSSR count). The lowest BCUT2D eigenvalue weighted by atomic mass is 10.2. The lowest BCUT2D eigenvalue weighted by Crippen LogP contribution is -2.31. The molecule has 0 spiro atoms. The molecule has 1 amide bonds. The van der Waals surface area contributed by atoms with Crippen molar-refractivity contribution in [2.45, 2.75) is 12.7 Å². The number of carbonyl (C=O) groups is 1. The van der Waals surface area contributed by atoms with Gasteiger partial charge in [-0.3, -0.25) is 0 Å². The first-order valence-electron chi connectivity index (χ1n) is 6.29. The Kier molecular flexibility index (Phi) is 5.15. The van der Waals surface area contributed by atoms with E-state index in [4.69, 9.17) is 4.74 Å². The van der Waals surface area contributed by atoms with E-state index in [0.717, 1.165) is 11.1 Å². The predicted octanol–water partition coefficient (Wildman–Crippen LogP) is 3.05. The molecule has 1 atom stereocenters. The number of amides is 1. The Morgan fingerprint density at radius 3 is 2.75 bits per heavy atom. The van der Waals surface area contributed by atoms with Gasteiger partial charge in [0.25, 0.3) is 0 Å². The van der Waals surface area contributed by atoms with Gasteiger partial charge in [0.2, 0.25) is 0 Å². The number of nitrogens with zero attached hydrogens (tertiary/aromatic N) is 1. The Labute approximate surface area is 122 Å². The van der Waals surface area contributed by atoms with Crippen molar-refractivity contribution in [3.05, 3.63) is 58.3 Å². The molecule has 1 unspecified atom stereocenters. The minimum absolute atomic E-state index is 0.213. The summed E-state index contributed by atoms with van der Waals surface area (Å²) in [4.78, 5) is 13.2. The molecule has 0 fully saturated rings. The van der Waals surface area contributed by atoms with Crippen LogP contribution in [0.4, 0.5) is 4.79 Å². The molecule has 20 heavy (non-hydrogen) atoms. The lowest BCUT2D eigenvalue weighted by molar-refractivity contribution is 0.0789. The van der Waals surface area contributed by atoms with E-state index in [1.54, 1.807) is 7.05 Å². The van der Waals surface area contributed by atoms with Crippen LogP contribution in [0.1, 0.15) is 17.2 Å². The van der Waals surface area contributed by atoms with Crippen molar-refractivity contribution in [2.24, 2.45) is 0 Å². The molecule has 1 N–H and O–H groups in total. The van der Waals surface area contributed by atoms with Crippen molar-refractivity contribution in [3.63, 3.8) is 0 Å². The molecular formula is C15H17NO3S. The average Bonchev–Trinajstić information content (AvgIpc) is 3.00. The smallest absolute Gasteiger partial charge is 0.409 e. The molecule has 0 saturated carbocycles. The second kappa shape index (κ2) is 7.07. The molecule has 0 aliphatic rings. The van der Waals surface area contributed by atoms with E-state index in [-0.39, 0.29) is 13.2 Å². The van der Waals surface area contributed by atoms with Gasteiger partial charge in [0, 0.05) is 7.05 Å². The van der Waals surface area contributed by atoms with Gasteiger partial charge >= 0.3 is 6.09 Å². The third kappa shape index (κ3) is 4.08. The fourth-order valence-electron chi connectivity index (χ4n) is 1.73. The van der Waals surface area contributed by atoms with Crippen LogP contribution in [0.3, 0.4) is 0 Å². The van der Waals surface area contributed by atoms with Crippen molar-refractivity contribution < 1.29 is 14.6 Å². The average molecular weight is 291 g/mol. The van der Waals surface area contributed by atoms with Gasteiger partial charge in [-0.2, -0.15) is 11.3 Å². The van der Waals surface area contributed by atoms with E-state index in [1.165, 1.54) is 16.2 Å². The maximum atomic E-state index is 11.8. The summed E-state index contributed by atoms with van der Waals surface area (Å²) in [7, 11) is 1.61. The molecule has 0 aliphatic carbocycles. The van der Waals surface area contributed by atoms with Crippen LogP contribution in [0.2, 0.25) is 0 Å². The quantitative estimate of drug-likeness (QED) is 0.921. The van der Waals surface area contributed by atoms with E-state index in [0.29, 0.717) is 0 Å². The van der Waals surface area contributed by atoms with Gasteiger partial charge in [-0.25, -0.2) is 4.79 Å². The zero-order valence-corrected chi connectivity index (χ0v) is 12.0. The largest absolute Gasteiger partial charge is 0.445 e. The monoisotopic (exact) mass is 291 g/mol. The number of aliphatic hydroxyl groups is 1. The second-order valence-corrected chi connectivity index (χ2v) is 5.27. The molecule has 4 nitrogen and oxygen atoms in total.